The molecule has 14 heavy (non-hydrogen) atoms. The topological polar surface area (TPSA) is 24.5 Å². The van der Waals surface area contributed by atoms with Gasteiger partial charge in [-0.3, -0.25) is 4.90 Å². The Morgan fingerprint density at radius 3 is 3.07 bits per heavy atom. The number of nitrogens with one attached hydrogen (secondary N) is 1. The summed E-state index contributed by atoms with van der Waals surface area (Å²) in [5.41, 5.74) is 0. The number of ether oxygens (including phenoxy) is 1. The van der Waals surface area contributed by atoms with Gasteiger partial charge < -0.3 is 10.1 Å². The van der Waals surface area contributed by atoms with Crippen LogP contribution in [0, 0.1) is 0 Å². The fourth-order valence-electron chi connectivity index (χ4n) is 1.82. The first-order valence-corrected chi connectivity index (χ1v) is 5.87. The molecule has 0 aromatic carbocycles. The molecular weight excluding hydrogens is 176 g/mol. The molecule has 84 valence electrons. The maximum absolute atomic E-state index is 5.60. The van der Waals surface area contributed by atoms with Gasteiger partial charge >= 0.3 is 0 Å². The maximum Gasteiger partial charge on any atom is 0.0673 e. The molecule has 0 aromatic heterocycles. The van der Waals surface area contributed by atoms with E-state index in [4.69, 9.17) is 4.74 Å². The zero-order valence-corrected chi connectivity index (χ0v) is 9.59. The lowest BCUT2D eigenvalue weighted by molar-refractivity contribution is 0.0679. The predicted molar refractivity (Wildman–Crippen MR) is 59.6 cm³/mol. The van der Waals surface area contributed by atoms with Crippen molar-refractivity contribution in [3.05, 3.63) is 0 Å². The van der Waals surface area contributed by atoms with E-state index in [-0.39, 0.29) is 0 Å². The fourth-order valence-corrected chi connectivity index (χ4v) is 1.82. The monoisotopic (exact) mass is 200 g/mol. The first kappa shape index (κ1) is 12.0. The molecule has 3 heteroatoms. The number of nitrogens with zero attached hydrogens (tertiary/aromatic N) is 1. The molecule has 1 fully saturated rings. The minimum atomic E-state index is 0.406. The molecule has 0 radical (unpaired) electrons. The van der Waals surface area contributed by atoms with Crippen molar-refractivity contribution in [1.29, 1.82) is 0 Å². The molecule has 1 heterocycles. The molecule has 0 spiro atoms. The van der Waals surface area contributed by atoms with E-state index in [9.17, 15) is 0 Å². The summed E-state index contributed by atoms with van der Waals surface area (Å²) in [6.07, 6.45) is 2.81. The van der Waals surface area contributed by atoms with Crippen LogP contribution in [0.5, 0.6) is 0 Å². The van der Waals surface area contributed by atoms with E-state index in [0.29, 0.717) is 6.10 Å². The first-order valence-electron chi connectivity index (χ1n) is 5.87. The van der Waals surface area contributed by atoms with Gasteiger partial charge in [-0.25, -0.2) is 0 Å². The van der Waals surface area contributed by atoms with E-state index in [2.05, 4.69) is 24.1 Å². The lowest BCUT2D eigenvalue weighted by Crippen LogP contribution is -2.36. The van der Waals surface area contributed by atoms with E-state index >= 15 is 0 Å². The first-order chi connectivity index (χ1) is 6.83. The SMILES string of the molecule is CCCNCCN1CCCOC(C)C1. The second kappa shape index (κ2) is 7.21. The zero-order valence-electron chi connectivity index (χ0n) is 9.59. The molecular formula is C11H24N2O. The molecule has 0 aliphatic carbocycles. The summed E-state index contributed by atoms with van der Waals surface area (Å²) in [7, 11) is 0. The molecule has 0 aromatic rings. The third-order valence-corrected chi connectivity index (χ3v) is 2.57. The van der Waals surface area contributed by atoms with Crippen molar-refractivity contribution in [1.82, 2.24) is 10.2 Å². The van der Waals surface area contributed by atoms with Crippen LogP contribution in [0.25, 0.3) is 0 Å². The van der Waals surface area contributed by atoms with E-state index < -0.39 is 0 Å². The van der Waals surface area contributed by atoms with Crippen LogP contribution in [0.4, 0.5) is 0 Å². The van der Waals surface area contributed by atoms with Gasteiger partial charge in [-0.2, -0.15) is 0 Å². The average Bonchev–Trinajstić information content (AvgIpc) is 2.38. The Morgan fingerprint density at radius 1 is 1.43 bits per heavy atom. The summed E-state index contributed by atoms with van der Waals surface area (Å²) in [4.78, 5) is 2.50. The Kier molecular flexibility index (Phi) is 6.15. The molecule has 3 nitrogen and oxygen atoms in total. The fraction of sp³-hybridized carbons (Fsp3) is 1.00. The second-order valence-corrected chi connectivity index (χ2v) is 4.09. The van der Waals surface area contributed by atoms with Crippen LogP contribution in [-0.4, -0.2) is 50.3 Å². The zero-order chi connectivity index (χ0) is 10.2. The maximum atomic E-state index is 5.60. The van der Waals surface area contributed by atoms with Gasteiger partial charge in [0.05, 0.1) is 6.10 Å². The van der Waals surface area contributed by atoms with E-state index in [1.807, 2.05) is 0 Å². The molecule has 1 rings (SSSR count). The van der Waals surface area contributed by atoms with Crippen LogP contribution in [0.2, 0.25) is 0 Å². The van der Waals surface area contributed by atoms with Gasteiger partial charge in [0.1, 0.15) is 0 Å². The molecule has 0 bridgehead atoms. The number of rotatable bonds is 5. The van der Waals surface area contributed by atoms with E-state index in [1.54, 1.807) is 0 Å². The summed E-state index contributed by atoms with van der Waals surface area (Å²) >= 11 is 0. The van der Waals surface area contributed by atoms with Gasteiger partial charge in [0.25, 0.3) is 0 Å². The Balaban J connectivity index is 2.09. The molecule has 1 atom stereocenters. The smallest absolute Gasteiger partial charge is 0.0673 e. The Labute approximate surface area is 87.8 Å². The Bertz CT molecular complexity index is 141. The van der Waals surface area contributed by atoms with Crippen molar-refractivity contribution >= 4 is 0 Å². The van der Waals surface area contributed by atoms with Crippen molar-refractivity contribution in [2.75, 3.05) is 39.3 Å². The number of hydrogen-bond donors (Lipinski definition) is 1. The highest BCUT2D eigenvalue weighted by Gasteiger charge is 2.13. The Morgan fingerprint density at radius 2 is 2.29 bits per heavy atom. The standard InChI is InChI=1S/C11H24N2O/c1-3-5-12-6-8-13-7-4-9-14-11(2)10-13/h11-12H,3-10H2,1-2H3. The third kappa shape index (κ3) is 4.94. The average molecular weight is 200 g/mol. The van der Waals surface area contributed by atoms with Crippen molar-refractivity contribution in [3.8, 4) is 0 Å². The molecule has 1 N–H and O–H groups in total. The quantitative estimate of drug-likeness (QED) is 0.673. The summed E-state index contributed by atoms with van der Waals surface area (Å²) < 4.78 is 5.60. The third-order valence-electron chi connectivity index (χ3n) is 2.57. The summed E-state index contributed by atoms with van der Waals surface area (Å²) in [6.45, 7) is 11.0. The van der Waals surface area contributed by atoms with E-state index in [0.717, 1.165) is 32.8 Å². The van der Waals surface area contributed by atoms with Gasteiger partial charge in [-0.15, -0.1) is 0 Å². The van der Waals surface area contributed by atoms with Crippen LogP contribution in [0.3, 0.4) is 0 Å². The summed E-state index contributed by atoms with van der Waals surface area (Å²) in [6, 6.07) is 0. The van der Waals surface area contributed by atoms with Crippen molar-refractivity contribution in [2.24, 2.45) is 0 Å². The predicted octanol–water partition coefficient (Wildman–Crippen LogP) is 1.10. The van der Waals surface area contributed by atoms with Gasteiger partial charge in [0, 0.05) is 32.8 Å². The van der Waals surface area contributed by atoms with Crippen LogP contribution in [-0.2, 0) is 4.74 Å². The second-order valence-electron chi connectivity index (χ2n) is 4.09. The van der Waals surface area contributed by atoms with Gasteiger partial charge in [0.15, 0.2) is 0 Å². The molecule has 1 aliphatic heterocycles. The molecule has 0 saturated carbocycles. The van der Waals surface area contributed by atoms with Crippen LogP contribution in [0.15, 0.2) is 0 Å². The normalized spacial score (nSPS) is 24.9. The minimum absolute atomic E-state index is 0.406. The van der Waals surface area contributed by atoms with Crippen LogP contribution < -0.4 is 5.32 Å². The molecule has 0 amide bonds. The Hall–Kier alpha value is -0.120. The van der Waals surface area contributed by atoms with E-state index in [1.165, 1.54) is 19.4 Å². The van der Waals surface area contributed by atoms with Crippen molar-refractivity contribution in [2.45, 2.75) is 32.8 Å². The summed E-state index contributed by atoms with van der Waals surface area (Å²) in [5, 5.41) is 3.44. The number of hydrogen-bond acceptors (Lipinski definition) is 3. The molecule has 1 aliphatic rings. The van der Waals surface area contributed by atoms with Crippen molar-refractivity contribution in [3.63, 3.8) is 0 Å². The highest BCUT2D eigenvalue weighted by Crippen LogP contribution is 2.04. The molecule has 1 unspecified atom stereocenters. The van der Waals surface area contributed by atoms with Crippen LogP contribution in [0.1, 0.15) is 26.7 Å². The summed E-state index contributed by atoms with van der Waals surface area (Å²) in [5.74, 6) is 0. The minimum Gasteiger partial charge on any atom is -0.377 e. The van der Waals surface area contributed by atoms with Gasteiger partial charge in [0.2, 0.25) is 0 Å². The highest BCUT2D eigenvalue weighted by atomic mass is 16.5. The van der Waals surface area contributed by atoms with Gasteiger partial charge in [-0.05, 0) is 26.3 Å². The highest BCUT2D eigenvalue weighted by molar-refractivity contribution is 4.67. The largest absolute Gasteiger partial charge is 0.377 e. The lowest BCUT2D eigenvalue weighted by Gasteiger charge is -2.21. The van der Waals surface area contributed by atoms with Gasteiger partial charge in [-0.1, -0.05) is 6.92 Å². The van der Waals surface area contributed by atoms with Crippen molar-refractivity contribution < 1.29 is 4.74 Å². The van der Waals surface area contributed by atoms with Crippen LogP contribution >= 0.6 is 0 Å². The molecule has 1 saturated heterocycles. The lowest BCUT2D eigenvalue weighted by atomic mass is 10.3.